The Bertz CT molecular complexity index is 639. The Morgan fingerprint density at radius 2 is 2.00 bits per heavy atom. The first-order valence-electron chi connectivity index (χ1n) is 6.99. The van der Waals surface area contributed by atoms with Crippen molar-refractivity contribution in [3.05, 3.63) is 59.4 Å². The number of amides is 1. The number of benzene rings is 1. The van der Waals surface area contributed by atoms with Gasteiger partial charge in [-0.05, 0) is 42.7 Å². The fraction of sp³-hybridized carbons (Fsp3) is 0.235. The highest BCUT2D eigenvalue weighted by atomic mass is 16.1. The van der Waals surface area contributed by atoms with Crippen LogP contribution < -0.4 is 5.32 Å². The van der Waals surface area contributed by atoms with E-state index >= 15 is 0 Å². The van der Waals surface area contributed by atoms with E-state index in [2.05, 4.69) is 17.2 Å². The Hall–Kier alpha value is -2.67. The van der Waals surface area contributed by atoms with Crippen molar-refractivity contribution < 1.29 is 4.79 Å². The largest absolute Gasteiger partial charge is 0.321 e. The molecule has 1 heterocycles. The summed E-state index contributed by atoms with van der Waals surface area (Å²) in [4.78, 5) is 16.0. The molecular weight excluding hydrogens is 262 g/mol. The van der Waals surface area contributed by atoms with Gasteiger partial charge in [-0.25, -0.2) is 4.98 Å². The monoisotopic (exact) mass is 279 g/mol. The molecule has 1 N–H and O–H groups in total. The van der Waals surface area contributed by atoms with E-state index in [0.717, 1.165) is 12.1 Å². The summed E-state index contributed by atoms with van der Waals surface area (Å²) >= 11 is 0. The number of aryl methyl sites for hydroxylation is 1. The molecule has 0 saturated heterocycles. The van der Waals surface area contributed by atoms with Gasteiger partial charge in [0.05, 0.1) is 5.56 Å². The molecule has 2 aromatic rings. The average molecular weight is 279 g/mol. The van der Waals surface area contributed by atoms with E-state index in [-0.39, 0.29) is 5.91 Å². The zero-order chi connectivity index (χ0) is 15.1. The van der Waals surface area contributed by atoms with Crippen molar-refractivity contribution >= 4 is 11.6 Å². The molecule has 4 heteroatoms. The van der Waals surface area contributed by atoms with Crippen molar-refractivity contribution in [1.82, 2.24) is 4.98 Å². The van der Waals surface area contributed by atoms with Crippen LogP contribution in [-0.2, 0) is 6.42 Å². The number of pyridine rings is 1. The summed E-state index contributed by atoms with van der Waals surface area (Å²) in [6.07, 6.45) is 4.79. The van der Waals surface area contributed by atoms with Crippen molar-refractivity contribution in [2.45, 2.75) is 26.2 Å². The topological polar surface area (TPSA) is 65.8 Å². The second kappa shape index (κ2) is 7.20. The van der Waals surface area contributed by atoms with Crippen molar-refractivity contribution in [2.24, 2.45) is 0 Å². The van der Waals surface area contributed by atoms with Gasteiger partial charge >= 0.3 is 0 Å². The van der Waals surface area contributed by atoms with Crippen LogP contribution in [0.1, 0.15) is 41.4 Å². The van der Waals surface area contributed by atoms with E-state index in [1.54, 1.807) is 12.1 Å². The molecule has 0 saturated carbocycles. The van der Waals surface area contributed by atoms with Crippen LogP contribution >= 0.6 is 0 Å². The van der Waals surface area contributed by atoms with Gasteiger partial charge in [-0.1, -0.05) is 25.5 Å². The molecular formula is C17H17N3O. The highest BCUT2D eigenvalue weighted by Gasteiger charge is 2.07. The molecule has 0 aliphatic heterocycles. The Morgan fingerprint density at radius 3 is 2.57 bits per heavy atom. The molecule has 0 aliphatic rings. The van der Waals surface area contributed by atoms with Gasteiger partial charge in [0, 0.05) is 11.9 Å². The maximum absolute atomic E-state index is 12.0. The molecule has 106 valence electrons. The van der Waals surface area contributed by atoms with Crippen molar-refractivity contribution in [3.8, 4) is 6.07 Å². The Kier molecular flexibility index (Phi) is 5.05. The molecule has 0 spiro atoms. The maximum atomic E-state index is 12.0. The molecule has 4 nitrogen and oxygen atoms in total. The molecule has 0 unspecified atom stereocenters. The highest BCUT2D eigenvalue weighted by molar-refractivity contribution is 6.02. The summed E-state index contributed by atoms with van der Waals surface area (Å²) < 4.78 is 0. The van der Waals surface area contributed by atoms with E-state index in [1.807, 2.05) is 30.3 Å². The van der Waals surface area contributed by atoms with Crippen molar-refractivity contribution in [1.29, 1.82) is 5.26 Å². The van der Waals surface area contributed by atoms with Gasteiger partial charge in [0.15, 0.2) is 0 Å². The van der Waals surface area contributed by atoms with Crippen LogP contribution in [0.15, 0.2) is 42.6 Å². The quantitative estimate of drug-likeness (QED) is 0.910. The summed E-state index contributed by atoms with van der Waals surface area (Å²) in [5, 5.41) is 11.5. The standard InChI is InChI=1S/C17H17N3O/c1-2-3-4-13-5-8-15(9-6-13)20-17(21)16-10-7-14(11-18)12-19-16/h5-10,12H,2-4H2,1H3,(H,20,21). The van der Waals surface area contributed by atoms with E-state index < -0.39 is 0 Å². The zero-order valence-corrected chi connectivity index (χ0v) is 12.0. The van der Waals surface area contributed by atoms with Crippen LogP contribution in [0.2, 0.25) is 0 Å². The summed E-state index contributed by atoms with van der Waals surface area (Å²) in [6.45, 7) is 2.17. The number of hydrogen-bond donors (Lipinski definition) is 1. The number of carbonyl (C=O) groups is 1. The molecule has 1 amide bonds. The van der Waals surface area contributed by atoms with Gasteiger partial charge < -0.3 is 5.32 Å². The van der Waals surface area contributed by atoms with Gasteiger partial charge in [0.2, 0.25) is 0 Å². The minimum Gasteiger partial charge on any atom is -0.321 e. The number of nitriles is 1. The molecule has 1 aromatic carbocycles. The van der Waals surface area contributed by atoms with Gasteiger partial charge in [0.1, 0.15) is 11.8 Å². The second-order valence-electron chi connectivity index (χ2n) is 4.80. The Labute approximate surface area is 124 Å². The number of rotatable bonds is 5. The summed E-state index contributed by atoms with van der Waals surface area (Å²) in [5.41, 5.74) is 2.74. The lowest BCUT2D eigenvalue weighted by molar-refractivity contribution is 0.102. The first-order chi connectivity index (χ1) is 10.2. The lowest BCUT2D eigenvalue weighted by atomic mass is 10.1. The number of carbonyl (C=O) groups excluding carboxylic acids is 1. The minimum atomic E-state index is -0.277. The van der Waals surface area contributed by atoms with Crippen LogP contribution in [0.25, 0.3) is 0 Å². The smallest absolute Gasteiger partial charge is 0.274 e. The van der Waals surface area contributed by atoms with Gasteiger partial charge in [-0.3, -0.25) is 4.79 Å². The van der Waals surface area contributed by atoms with E-state index in [0.29, 0.717) is 11.3 Å². The van der Waals surface area contributed by atoms with Gasteiger partial charge in [-0.15, -0.1) is 0 Å². The van der Waals surface area contributed by atoms with Gasteiger partial charge in [-0.2, -0.15) is 5.26 Å². The normalized spacial score (nSPS) is 9.90. The molecule has 1 aromatic heterocycles. The number of hydrogen-bond acceptors (Lipinski definition) is 3. The molecule has 2 rings (SSSR count). The molecule has 0 atom stereocenters. The number of unbranched alkanes of at least 4 members (excludes halogenated alkanes) is 1. The first-order valence-corrected chi connectivity index (χ1v) is 6.99. The van der Waals surface area contributed by atoms with E-state index in [9.17, 15) is 4.79 Å². The van der Waals surface area contributed by atoms with Crippen LogP contribution in [0, 0.1) is 11.3 Å². The third-order valence-electron chi connectivity index (χ3n) is 3.16. The lowest BCUT2D eigenvalue weighted by Crippen LogP contribution is -2.13. The van der Waals surface area contributed by atoms with Crippen LogP contribution in [-0.4, -0.2) is 10.9 Å². The maximum Gasteiger partial charge on any atom is 0.274 e. The first kappa shape index (κ1) is 14.7. The third kappa shape index (κ3) is 4.15. The molecule has 0 aliphatic carbocycles. The molecule has 0 radical (unpaired) electrons. The molecule has 0 bridgehead atoms. The summed E-state index contributed by atoms with van der Waals surface area (Å²) in [6, 6.07) is 12.9. The summed E-state index contributed by atoms with van der Waals surface area (Å²) in [7, 11) is 0. The fourth-order valence-electron chi connectivity index (χ4n) is 1.93. The number of anilines is 1. The van der Waals surface area contributed by atoms with Gasteiger partial charge in [0.25, 0.3) is 5.91 Å². The molecule has 0 fully saturated rings. The second-order valence-corrected chi connectivity index (χ2v) is 4.80. The van der Waals surface area contributed by atoms with Crippen molar-refractivity contribution in [3.63, 3.8) is 0 Å². The van der Waals surface area contributed by atoms with E-state index in [1.165, 1.54) is 24.6 Å². The zero-order valence-electron chi connectivity index (χ0n) is 12.0. The third-order valence-corrected chi connectivity index (χ3v) is 3.16. The predicted octanol–water partition coefficient (Wildman–Crippen LogP) is 3.55. The molecule has 21 heavy (non-hydrogen) atoms. The minimum absolute atomic E-state index is 0.277. The predicted molar refractivity (Wildman–Crippen MR) is 82.0 cm³/mol. The van der Waals surface area contributed by atoms with Crippen LogP contribution in [0.5, 0.6) is 0 Å². The number of nitrogens with one attached hydrogen (secondary N) is 1. The fourth-order valence-corrected chi connectivity index (χ4v) is 1.93. The average Bonchev–Trinajstić information content (AvgIpc) is 2.54. The number of aromatic nitrogens is 1. The Balaban J connectivity index is 2.00. The Morgan fingerprint density at radius 1 is 1.24 bits per heavy atom. The summed E-state index contributed by atoms with van der Waals surface area (Å²) in [5.74, 6) is -0.277. The van der Waals surface area contributed by atoms with Crippen LogP contribution in [0.4, 0.5) is 5.69 Å². The lowest BCUT2D eigenvalue weighted by Gasteiger charge is -2.06. The highest BCUT2D eigenvalue weighted by Crippen LogP contribution is 2.13. The van der Waals surface area contributed by atoms with Crippen LogP contribution in [0.3, 0.4) is 0 Å². The SMILES string of the molecule is CCCCc1ccc(NC(=O)c2ccc(C#N)cn2)cc1. The van der Waals surface area contributed by atoms with Crippen molar-refractivity contribution in [2.75, 3.05) is 5.32 Å². The number of nitrogens with zero attached hydrogens (tertiary/aromatic N) is 2. The van der Waals surface area contributed by atoms with E-state index in [4.69, 9.17) is 5.26 Å².